The van der Waals surface area contributed by atoms with Crippen LogP contribution in [0.1, 0.15) is 17.5 Å². The highest BCUT2D eigenvalue weighted by molar-refractivity contribution is 5.27. The number of rotatable bonds is 5. The highest BCUT2D eigenvalue weighted by Crippen LogP contribution is 2.13. The molecule has 0 saturated heterocycles. The minimum absolute atomic E-state index is 0.918. The molecule has 1 heterocycles. The summed E-state index contributed by atoms with van der Waals surface area (Å²) in [6.07, 6.45) is 7.08. The molecule has 0 amide bonds. The molecule has 2 nitrogen and oxygen atoms in total. The molecule has 2 aromatic rings. The SMILES string of the molecule is COc1ccc(CCCc2cccnc2)cc1. The summed E-state index contributed by atoms with van der Waals surface area (Å²) in [5.74, 6) is 0.918. The predicted molar refractivity (Wildman–Crippen MR) is 69.3 cm³/mol. The van der Waals surface area contributed by atoms with Crippen LogP contribution in [-0.2, 0) is 12.8 Å². The van der Waals surface area contributed by atoms with Gasteiger partial charge in [0.2, 0.25) is 0 Å². The normalized spacial score (nSPS) is 10.2. The van der Waals surface area contributed by atoms with Crippen molar-refractivity contribution in [1.82, 2.24) is 4.98 Å². The zero-order chi connectivity index (χ0) is 11.9. The Balaban J connectivity index is 1.82. The summed E-state index contributed by atoms with van der Waals surface area (Å²) in [5.41, 5.74) is 2.66. The Labute approximate surface area is 102 Å². The maximum atomic E-state index is 5.13. The molecule has 0 radical (unpaired) electrons. The number of pyridine rings is 1. The van der Waals surface area contributed by atoms with Gasteiger partial charge in [0.1, 0.15) is 5.75 Å². The van der Waals surface area contributed by atoms with Crippen LogP contribution < -0.4 is 4.74 Å². The van der Waals surface area contributed by atoms with Crippen molar-refractivity contribution in [2.75, 3.05) is 7.11 Å². The van der Waals surface area contributed by atoms with Crippen LogP contribution in [0.25, 0.3) is 0 Å². The topological polar surface area (TPSA) is 22.1 Å². The lowest BCUT2D eigenvalue weighted by Gasteiger charge is -2.03. The quantitative estimate of drug-likeness (QED) is 0.782. The molecule has 0 aliphatic rings. The first kappa shape index (κ1) is 11.6. The summed E-state index contributed by atoms with van der Waals surface area (Å²) < 4.78 is 5.13. The Morgan fingerprint density at radius 2 is 1.76 bits per heavy atom. The lowest BCUT2D eigenvalue weighted by Crippen LogP contribution is -1.91. The zero-order valence-electron chi connectivity index (χ0n) is 10.1. The van der Waals surface area contributed by atoms with Gasteiger partial charge in [-0.3, -0.25) is 4.98 Å². The molecule has 2 heteroatoms. The Morgan fingerprint density at radius 1 is 1.00 bits per heavy atom. The van der Waals surface area contributed by atoms with Gasteiger partial charge in [-0.1, -0.05) is 18.2 Å². The van der Waals surface area contributed by atoms with E-state index in [1.165, 1.54) is 11.1 Å². The van der Waals surface area contributed by atoms with Gasteiger partial charge in [0.05, 0.1) is 7.11 Å². The average molecular weight is 227 g/mol. The van der Waals surface area contributed by atoms with E-state index in [9.17, 15) is 0 Å². The van der Waals surface area contributed by atoms with Crippen LogP contribution in [-0.4, -0.2) is 12.1 Å². The second-order valence-corrected chi connectivity index (χ2v) is 4.06. The van der Waals surface area contributed by atoms with Crippen molar-refractivity contribution in [3.8, 4) is 5.75 Å². The maximum absolute atomic E-state index is 5.13. The second-order valence-electron chi connectivity index (χ2n) is 4.06. The van der Waals surface area contributed by atoms with Crippen LogP contribution >= 0.6 is 0 Å². The van der Waals surface area contributed by atoms with Crippen molar-refractivity contribution >= 4 is 0 Å². The minimum atomic E-state index is 0.918. The lowest BCUT2D eigenvalue weighted by molar-refractivity contribution is 0.414. The van der Waals surface area contributed by atoms with Crippen molar-refractivity contribution < 1.29 is 4.74 Å². The third kappa shape index (κ3) is 3.59. The van der Waals surface area contributed by atoms with Gasteiger partial charge in [-0.2, -0.15) is 0 Å². The largest absolute Gasteiger partial charge is 0.497 e. The fourth-order valence-electron chi connectivity index (χ4n) is 1.83. The lowest BCUT2D eigenvalue weighted by atomic mass is 10.1. The molecule has 2 rings (SSSR count). The molecule has 0 atom stereocenters. The molecule has 17 heavy (non-hydrogen) atoms. The van der Waals surface area contributed by atoms with Crippen LogP contribution in [0.3, 0.4) is 0 Å². The molecular formula is C15H17NO. The van der Waals surface area contributed by atoms with Crippen molar-refractivity contribution in [2.24, 2.45) is 0 Å². The number of nitrogens with zero attached hydrogens (tertiary/aromatic N) is 1. The number of hydrogen-bond acceptors (Lipinski definition) is 2. The van der Waals surface area contributed by atoms with Crippen LogP contribution in [0.2, 0.25) is 0 Å². The van der Waals surface area contributed by atoms with Crippen molar-refractivity contribution in [2.45, 2.75) is 19.3 Å². The molecule has 0 saturated carbocycles. The van der Waals surface area contributed by atoms with Crippen molar-refractivity contribution in [3.05, 3.63) is 59.9 Å². The van der Waals surface area contributed by atoms with Crippen molar-refractivity contribution in [1.29, 1.82) is 0 Å². The van der Waals surface area contributed by atoms with E-state index in [1.807, 2.05) is 30.6 Å². The van der Waals surface area contributed by atoms with Crippen LogP contribution in [0.4, 0.5) is 0 Å². The second kappa shape index (κ2) is 6.04. The molecule has 0 bridgehead atoms. The van der Waals surface area contributed by atoms with E-state index in [0.717, 1.165) is 25.0 Å². The third-order valence-corrected chi connectivity index (χ3v) is 2.81. The predicted octanol–water partition coefficient (Wildman–Crippen LogP) is 3.27. The molecule has 0 aliphatic carbocycles. The first-order chi connectivity index (χ1) is 8.38. The number of hydrogen-bond donors (Lipinski definition) is 0. The van der Waals surface area contributed by atoms with E-state index >= 15 is 0 Å². The summed E-state index contributed by atoms with van der Waals surface area (Å²) in [5, 5.41) is 0. The van der Waals surface area contributed by atoms with Gasteiger partial charge in [-0.05, 0) is 48.6 Å². The van der Waals surface area contributed by atoms with E-state index < -0.39 is 0 Å². The highest BCUT2D eigenvalue weighted by Gasteiger charge is 1.96. The maximum Gasteiger partial charge on any atom is 0.118 e. The van der Waals surface area contributed by atoms with Gasteiger partial charge < -0.3 is 4.74 Å². The molecular weight excluding hydrogens is 210 g/mol. The number of benzene rings is 1. The van der Waals surface area contributed by atoms with Crippen molar-refractivity contribution in [3.63, 3.8) is 0 Å². The summed E-state index contributed by atoms with van der Waals surface area (Å²) in [4.78, 5) is 4.12. The molecule has 1 aromatic carbocycles. The van der Waals surface area contributed by atoms with E-state index in [0.29, 0.717) is 0 Å². The van der Waals surface area contributed by atoms with E-state index in [2.05, 4.69) is 23.2 Å². The number of aromatic nitrogens is 1. The Bertz CT molecular complexity index is 436. The third-order valence-electron chi connectivity index (χ3n) is 2.81. The monoisotopic (exact) mass is 227 g/mol. The van der Waals surface area contributed by atoms with Crippen LogP contribution in [0, 0.1) is 0 Å². The van der Waals surface area contributed by atoms with Gasteiger partial charge in [-0.15, -0.1) is 0 Å². The highest BCUT2D eigenvalue weighted by atomic mass is 16.5. The van der Waals surface area contributed by atoms with Crippen LogP contribution in [0.15, 0.2) is 48.8 Å². The summed E-state index contributed by atoms with van der Waals surface area (Å²) in [7, 11) is 1.69. The minimum Gasteiger partial charge on any atom is -0.497 e. The first-order valence-electron chi connectivity index (χ1n) is 5.90. The van der Waals surface area contributed by atoms with Gasteiger partial charge in [0.25, 0.3) is 0 Å². The molecule has 88 valence electrons. The number of methoxy groups -OCH3 is 1. The van der Waals surface area contributed by atoms with Gasteiger partial charge in [0.15, 0.2) is 0 Å². The summed E-state index contributed by atoms with van der Waals surface area (Å²) >= 11 is 0. The van der Waals surface area contributed by atoms with Gasteiger partial charge in [0, 0.05) is 12.4 Å². The van der Waals surface area contributed by atoms with E-state index in [4.69, 9.17) is 4.74 Å². The van der Waals surface area contributed by atoms with E-state index in [-0.39, 0.29) is 0 Å². The Hall–Kier alpha value is -1.83. The fourth-order valence-corrected chi connectivity index (χ4v) is 1.83. The van der Waals surface area contributed by atoms with Gasteiger partial charge in [-0.25, -0.2) is 0 Å². The van der Waals surface area contributed by atoms with E-state index in [1.54, 1.807) is 7.11 Å². The molecule has 1 aromatic heterocycles. The molecule has 0 unspecified atom stereocenters. The number of aryl methyl sites for hydroxylation is 2. The molecule has 0 fully saturated rings. The summed E-state index contributed by atoms with van der Waals surface area (Å²) in [6.45, 7) is 0. The first-order valence-corrected chi connectivity index (χ1v) is 5.90. The zero-order valence-corrected chi connectivity index (χ0v) is 10.1. The Kier molecular flexibility index (Phi) is 4.14. The van der Waals surface area contributed by atoms with Gasteiger partial charge >= 0.3 is 0 Å². The fraction of sp³-hybridized carbons (Fsp3) is 0.267. The Morgan fingerprint density at radius 3 is 2.41 bits per heavy atom. The molecule has 0 N–H and O–H groups in total. The average Bonchev–Trinajstić information content (AvgIpc) is 2.41. The molecule has 0 spiro atoms. The van der Waals surface area contributed by atoms with Crippen LogP contribution in [0.5, 0.6) is 5.75 Å². The number of ether oxygens (including phenoxy) is 1. The standard InChI is InChI=1S/C15H17NO/c1-17-15-9-7-13(8-10-15)4-2-5-14-6-3-11-16-12-14/h3,6-12H,2,4-5H2,1H3. The smallest absolute Gasteiger partial charge is 0.118 e. The summed E-state index contributed by atoms with van der Waals surface area (Å²) in [6, 6.07) is 12.4. The molecule has 0 aliphatic heterocycles.